The Morgan fingerprint density at radius 2 is 2.24 bits per heavy atom. The highest BCUT2D eigenvalue weighted by atomic mass is 35.5. The van der Waals surface area contributed by atoms with Crippen LogP contribution in [0.4, 0.5) is 4.39 Å². The van der Waals surface area contributed by atoms with Crippen LogP contribution in [0.3, 0.4) is 0 Å². The summed E-state index contributed by atoms with van der Waals surface area (Å²) in [6, 6.07) is 5.24. The van der Waals surface area contributed by atoms with Gasteiger partial charge in [-0.05, 0) is 18.1 Å². The standard InChI is InChI=1S/C15H14ClFN2O2/c1-8(2)12-6-9-5-11(16)15(13(17)14(9)18-12)20-7-10-3-4-21-19-10/h3-6,8,18H,7H2,1-2H3. The molecule has 4 nitrogen and oxygen atoms in total. The van der Waals surface area contributed by atoms with E-state index in [1.807, 2.05) is 19.9 Å². The molecule has 0 aliphatic carbocycles. The number of hydrogen-bond acceptors (Lipinski definition) is 3. The number of aromatic amines is 1. The number of rotatable bonds is 4. The van der Waals surface area contributed by atoms with E-state index in [4.69, 9.17) is 20.9 Å². The monoisotopic (exact) mass is 308 g/mol. The molecule has 0 unspecified atom stereocenters. The quantitative estimate of drug-likeness (QED) is 0.763. The lowest BCUT2D eigenvalue weighted by atomic mass is 10.1. The summed E-state index contributed by atoms with van der Waals surface area (Å²) in [5, 5.41) is 4.67. The van der Waals surface area contributed by atoms with Crippen molar-refractivity contribution in [2.24, 2.45) is 0 Å². The Bertz CT molecular complexity index is 766. The van der Waals surface area contributed by atoms with Crippen LogP contribution in [0.1, 0.15) is 31.2 Å². The number of aromatic nitrogens is 2. The van der Waals surface area contributed by atoms with Gasteiger partial charge in [0, 0.05) is 17.1 Å². The van der Waals surface area contributed by atoms with E-state index < -0.39 is 5.82 Å². The van der Waals surface area contributed by atoms with Crippen molar-refractivity contribution in [1.29, 1.82) is 0 Å². The number of H-pyrrole nitrogens is 1. The first-order valence-corrected chi connectivity index (χ1v) is 6.96. The summed E-state index contributed by atoms with van der Waals surface area (Å²) in [6.07, 6.45) is 1.43. The fourth-order valence-corrected chi connectivity index (χ4v) is 2.36. The minimum Gasteiger partial charge on any atom is -0.482 e. The summed E-state index contributed by atoms with van der Waals surface area (Å²) < 4.78 is 24.7. The predicted octanol–water partition coefficient (Wildman–Crippen LogP) is 4.65. The van der Waals surface area contributed by atoms with Crippen LogP contribution in [0.2, 0.25) is 5.02 Å². The van der Waals surface area contributed by atoms with Crippen molar-refractivity contribution in [3.8, 4) is 5.75 Å². The van der Waals surface area contributed by atoms with Crippen LogP contribution in [-0.4, -0.2) is 10.1 Å². The molecule has 110 valence electrons. The van der Waals surface area contributed by atoms with Crippen LogP contribution in [0.5, 0.6) is 5.75 Å². The van der Waals surface area contributed by atoms with Gasteiger partial charge in [0.1, 0.15) is 18.6 Å². The Labute approximate surface area is 125 Å². The van der Waals surface area contributed by atoms with E-state index in [1.54, 1.807) is 12.1 Å². The molecule has 0 radical (unpaired) electrons. The summed E-state index contributed by atoms with van der Waals surface area (Å²) in [5.74, 6) is -0.202. The second kappa shape index (κ2) is 5.41. The Kier molecular flexibility index (Phi) is 3.59. The number of fused-ring (bicyclic) bond motifs is 1. The van der Waals surface area contributed by atoms with Crippen molar-refractivity contribution < 1.29 is 13.7 Å². The summed E-state index contributed by atoms with van der Waals surface area (Å²) in [5.41, 5.74) is 1.92. The molecule has 2 heterocycles. The fraction of sp³-hybridized carbons (Fsp3) is 0.267. The lowest BCUT2D eigenvalue weighted by Crippen LogP contribution is -1.99. The molecule has 0 aliphatic heterocycles. The van der Waals surface area contributed by atoms with Crippen LogP contribution < -0.4 is 4.74 Å². The zero-order valence-corrected chi connectivity index (χ0v) is 12.4. The van der Waals surface area contributed by atoms with Gasteiger partial charge in [0.15, 0.2) is 11.6 Å². The van der Waals surface area contributed by atoms with Crippen molar-refractivity contribution in [3.63, 3.8) is 0 Å². The number of benzene rings is 1. The van der Waals surface area contributed by atoms with Gasteiger partial charge in [-0.1, -0.05) is 30.6 Å². The molecular formula is C15H14ClFN2O2. The lowest BCUT2D eigenvalue weighted by Gasteiger charge is -2.08. The molecule has 1 N–H and O–H groups in total. The minimum absolute atomic E-state index is 0.0179. The molecule has 0 bridgehead atoms. The number of ether oxygens (including phenoxy) is 1. The van der Waals surface area contributed by atoms with Gasteiger partial charge in [0.2, 0.25) is 0 Å². The molecule has 0 amide bonds. The highest BCUT2D eigenvalue weighted by Crippen LogP contribution is 2.35. The van der Waals surface area contributed by atoms with E-state index >= 15 is 0 Å². The largest absolute Gasteiger partial charge is 0.482 e. The van der Waals surface area contributed by atoms with E-state index in [1.165, 1.54) is 6.26 Å². The zero-order valence-electron chi connectivity index (χ0n) is 11.6. The molecule has 21 heavy (non-hydrogen) atoms. The van der Waals surface area contributed by atoms with Crippen LogP contribution in [0.25, 0.3) is 10.9 Å². The van der Waals surface area contributed by atoms with Gasteiger partial charge >= 0.3 is 0 Å². The first-order valence-electron chi connectivity index (χ1n) is 6.59. The highest BCUT2D eigenvalue weighted by molar-refractivity contribution is 6.32. The average molecular weight is 309 g/mol. The van der Waals surface area contributed by atoms with Crippen LogP contribution in [0.15, 0.2) is 29.0 Å². The number of hydrogen-bond donors (Lipinski definition) is 1. The third-order valence-electron chi connectivity index (χ3n) is 3.26. The molecule has 0 spiro atoms. The smallest absolute Gasteiger partial charge is 0.190 e. The van der Waals surface area contributed by atoms with Crippen LogP contribution in [-0.2, 0) is 6.61 Å². The maximum absolute atomic E-state index is 14.6. The molecule has 0 fully saturated rings. The molecule has 3 aromatic rings. The van der Waals surface area contributed by atoms with Crippen LogP contribution >= 0.6 is 11.6 Å². The molecule has 3 rings (SSSR count). The molecule has 0 saturated carbocycles. The fourth-order valence-electron chi connectivity index (χ4n) is 2.11. The summed E-state index contributed by atoms with van der Waals surface area (Å²) in [4.78, 5) is 3.08. The molecule has 1 aromatic carbocycles. The van der Waals surface area contributed by atoms with Crippen molar-refractivity contribution in [1.82, 2.24) is 10.1 Å². The number of nitrogens with zero attached hydrogens (tertiary/aromatic N) is 1. The van der Waals surface area contributed by atoms with Crippen molar-refractivity contribution in [2.75, 3.05) is 0 Å². The maximum atomic E-state index is 14.6. The summed E-state index contributed by atoms with van der Waals surface area (Å²) >= 11 is 6.11. The van der Waals surface area contributed by atoms with Gasteiger partial charge in [0.25, 0.3) is 0 Å². The first kappa shape index (κ1) is 13.9. The highest BCUT2D eigenvalue weighted by Gasteiger charge is 2.17. The molecule has 0 aliphatic rings. The van der Waals surface area contributed by atoms with Crippen LogP contribution in [0, 0.1) is 5.82 Å². The molecule has 2 aromatic heterocycles. The average Bonchev–Trinajstić information content (AvgIpc) is 3.07. The second-order valence-corrected chi connectivity index (χ2v) is 5.53. The van der Waals surface area contributed by atoms with Crippen molar-refractivity contribution in [3.05, 3.63) is 46.7 Å². The van der Waals surface area contributed by atoms with E-state index in [2.05, 4.69) is 10.1 Å². The lowest BCUT2D eigenvalue weighted by molar-refractivity contribution is 0.277. The van der Waals surface area contributed by atoms with Crippen molar-refractivity contribution >= 4 is 22.5 Å². The normalized spacial score (nSPS) is 11.5. The van der Waals surface area contributed by atoms with Gasteiger partial charge < -0.3 is 14.2 Å². The van der Waals surface area contributed by atoms with E-state index in [-0.39, 0.29) is 23.3 Å². The van der Waals surface area contributed by atoms with Gasteiger partial charge in [-0.15, -0.1) is 0 Å². The topological polar surface area (TPSA) is 51.1 Å². The van der Waals surface area contributed by atoms with E-state index in [9.17, 15) is 4.39 Å². The molecule has 0 saturated heterocycles. The molecule has 6 heteroatoms. The third-order valence-corrected chi connectivity index (χ3v) is 3.55. The van der Waals surface area contributed by atoms with Crippen molar-refractivity contribution in [2.45, 2.75) is 26.4 Å². The molecular weight excluding hydrogens is 295 g/mol. The minimum atomic E-state index is -0.493. The number of nitrogens with one attached hydrogen (secondary N) is 1. The Balaban J connectivity index is 1.98. The SMILES string of the molecule is CC(C)c1cc2cc(Cl)c(OCc3ccon3)c(F)c2[nH]1. The Hall–Kier alpha value is -2.01. The maximum Gasteiger partial charge on any atom is 0.190 e. The first-order chi connectivity index (χ1) is 10.1. The van der Waals surface area contributed by atoms with Gasteiger partial charge in [-0.25, -0.2) is 4.39 Å². The Morgan fingerprint density at radius 1 is 1.43 bits per heavy atom. The second-order valence-electron chi connectivity index (χ2n) is 5.12. The van der Waals surface area contributed by atoms with E-state index in [0.29, 0.717) is 11.2 Å². The van der Waals surface area contributed by atoms with Gasteiger partial charge in [0.05, 0.1) is 10.5 Å². The summed E-state index contributed by atoms with van der Waals surface area (Å²) in [7, 11) is 0. The summed E-state index contributed by atoms with van der Waals surface area (Å²) in [6.45, 7) is 4.16. The number of halogens is 2. The van der Waals surface area contributed by atoms with Gasteiger partial charge in [-0.2, -0.15) is 0 Å². The van der Waals surface area contributed by atoms with Gasteiger partial charge in [-0.3, -0.25) is 0 Å². The molecule has 0 atom stereocenters. The zero-order chi connectivity index (χ0) is 15.0. The predicted molar refractivity (Wildman–Crippen MR) is 78.2 cm³/mol. The Morgan fingerprint density at radius 3 is 2.90 bits per heavy atom. The van der Waals surface area contributed by atoms with E-state index in [0.717, 1.165) is 11.1 Å². The third kappa shape index (κ3) is 2.61.